The molecule has 0 bridgehead atoms. The van der Waals surface area contributed by atoms with E-state index >= 15 is 0 Å². The number of hydrogen-bond acceptors (Lipinski definition) is 4. The third-order valence-electron chi connectivity index (χ3n) is 2.61. The molecule has 1 aromatic carbocycles. The predicted octanol–water partition coefficient (Wildman–Crippen LogP) is -0.253. The molecule has 1 N–H and O–H groups in total. The van der Waals surface area contributed by atoms with Gasteiger partial charge in [-0.05, 0) is 6.07 Å². The minimum absolute atomic E-state index is 0.127. The van der Waals surface area contributed by atoms with Crippen LogP contribution >= 0.6 is 11.3 Å². The van der Waals surface area contributed by atoms with E-state index in [1.54, 1.807) is 5.38 Å². The van der Waals surface area contributed by atoms with Crippen molar-refractivity contribution < 1.29 is 14.8 Å². The number of thiazole rings is 1. The van der Waals surface area contributed by atoms with Crippen LogP contribution in [0.5, 0.6) is 0 Å². The molecule has 0 amide bonds. The van der Waals surface area contributed by atoms with E-state index < -0.39 is 5.97 Å². The first kappa shape index (κ1) is 13.7. The molecule has 5 heteroatoms. The second-order valence-electron chi connectivity index (χ2n) is 4.78. The summed E-state index contributed by atoms with van der Waals surface area (Å²) in [6, 6.07) is 8.20. The third-order valence-corrected chi connectivity index (χ3v) is 3.55. The number of aromatic nitrogens is 1. The maximum Gasteiger partial charge on any atom is 0.123 e. The molecular formula is C14H16N2O2S. The Morgan fingerprint density at radius 3 is 2.89 bits per heavy atom. The van der Waals surface area contributed by atoms with Crippen LogP contribution in [0.25, 0.3) is 10.6 Å². The molecule has 4 nitrogen and oxygen atoms in total. The van der Waals surface area contributed by atoms with Gasteiger partial charge in [0.25, 0.3) is 0 Å². The molecule has 0 aliphatic rings. The Morgan fingerprint density at radius 2 is 2.21 bits per heavy atom. The number of carboxylic acid groups (broad SMARTS) is 1. The molecule has 0 fully saturated rings. The summed E-state index contributed by atoms with van der Waals surface area (Å²) in [4.78, 5) is 16.2. The summed E-state index contributed by atoms with van der Waals surface area (Å²) < 4.78 is 0. The molecule has 2 rings (SSSR count). The normalized spacial score (nSPS) is 10.9. The van der Waals surface area contributed by atoms with Crippen molar-refractivity contribution in [1.82, 2.24) is 4.98 Å². The average molecular weight is 276 g/mol. The van der Waals surface area contributed by atoms with Crippen molar-refractivity contribution in [2.75, 3.05) is 14.1 Å². The van der Waals surface area contributed by atoms with Gasteiger partial charge in [-0.1, -0.05) is 18.2 Å². The number of nitrogens with one attached hydrogen (secondary N) is 1. The number of nitrogens with zero attached hydrogens (tertiary/aromatic N) is 1. The standard InChI is InChI=1S/C14H16N2O2S/c1-16(2)8-10-4-3-5-11(6-10)14-15-12(9-19-14)7-13(17)18/h3-6,9H,7-8H2,1-2H3,(H,17,18). The minimum Gasteiger partial charge on any atom is -0.550 e. The fourth-order valence-electron chi connectivity index (χ4n) is 1.89. The molecule has 0 saturated heterocycles. The highest BCUT2D eigenvalue weighted by Crippen LogP contribution is 2.24. The zero-order valence-electron chi connectivity index (χ0n) is 11.0. The minimum atomic E-state index is -1.10. The van der Waals surface area contributed by atoms with Crippen molar-refractivity contribution in [3.05, 3.63) is 40.9 Å². The van der Waals surface area contributed by atoms with E-state index in [1.807, 2.05) is 12.1 Å². The van der Waals surface area contributed by atoms with Gasteiger partial charge < -0.3 is 14.8 Å². The van der Waals surface area contributed by atoms with E-state index in [0.717, 1.165) is 17.1 Å². The molecule has 1 heterocycles. The molecular weight excluding hydrogens is 260 g/mol. The molecule has 0 atom stereocenters. The lowest BCUT2D eigenvalue weighted by molar-refractivity contribution is -0.872. The summed E-state index contributed by atoms with van der Waals surface area (Å²) in [6.07, 6.45) is -0.127. The summed E-state index contributed by atoms with van der Waals surface area (Å²) in [7, 11) is 4.21. The van der Waals surface area contributed by atoms with Crippen molar-refractivity contribution in [2.45, 2.75) is 13.0 Å². The Kier molecular flexibility index (Phi) is 4.29. The second kappa shape index (κ2) is 5.95. The van der Waals surface area contributed by atoms with Crippen LogP contribution in [0.3, 0.4) is 0 Å². The molecule has 100 valence electrons. The van der Waals surface area contributed by atoms with Gasteiger partial charge in [0.15, 0.2) is 0 Å². The highest BCUT2D eigenvalue weighted by molar-refractivity contribution is 7.13. The average Bonchev–Trinajstić information content (AvgIpc) is 2.76. The van der Waals surface area contributed by atoms with Crippen molar-refractivity contribution >= 4 is 17.3 Å². The van der Waals surface area contributed by atoms with Crippen LogP contribution in [-0.2, 0) is 17.8 Å². The fourth-order valence-corrected chi connectivity index (χ4v) is 2.71. The van der Waals surface area contributed by atoms with E-state index in [9.17, 15) is 9.90 Å². The number of carboxylic acids is 1. The molecule has 0 aliphatic heterocycles. The molecule has 0 unspecified atom stereocenters. The van der Waals surface area contributed by atoms with Crippen molar-refractivity contribution in [2.24, 2.45) is 0 Å². The number of quaternary nitrogens is 1. The Hall–Kier alpha value is -1.72. The number of hydrogen-bond donors (Lipinski definition) is 1. The maximum absolute atomic E-state index is 10.5. The number of benzene rings is 1. The SMILES string of the molecule is C[NH+](C)Cc1cccc(-c2nc(CC(=O)[O-])cs2)c1. The maximum atomic E-state index is 10.5. The van der Waals surface area contributed by atoms with E-state index in [1.165, 1.54) is 21.8 Å². The van der Waals surface area contributed by atoms with Gasteiger partial charge in [-0.2, -0.15) is 0 Å². The van der Waals surface area contributed by atoms with E-state index in [0.29, 0.717) is 5.69 Å². The highest BCUT2D eigenvalue weighted by Gasteiger charge is 2.07. The first-order valence-electron chi connectivity index (χ1n) is 6.07. The van der Waals surface area contributed by atoms with Crippen molar-refractivity contribution in [3.8, 4) is 10.6 Å². The van der Waals surface area contributed by atoms with Gasteiger partial charge in [-0.15, -0.1) is 11.3 Å². The topological polar surface area (TPSA) is 57.5 Å². The van der Waals surface area contributed by atoms with Crippen LogP contribution < -0.4 is 10.0 Å². The number of carbonyl (C=O) groups is 1. The van der Waals surface area contributed by atoms with Crippen LogP contribution in [0, 0.1) is 0 Å². The summed E-state index contributed by atoms with van der Waals surface area (Å²) in [5, 5.41) is 13.2. The first-order valence-corrected chi connectivity index (χ1v) is 6.95. The lowest BCUT2D eigenvalue weighted by Crippen LogP contribution is -3.04. The van der Waals surface area contributed by atoms with Gasteiger partial charge in [0.2, 0.25) is 0 Å². The molecule has 19 heavy (non-hydrogen) atoms. The number of rotatable bonds is 5. The van der Waals surface area contributed by atoms with Gasteiger partial charge in [0.1, 0.15) is 11.6 Å². The smallest absolute Gasteiger partial charge is 0.123 e. The van der Waals surface area contributed by atoms with Crippen LogP contribution in [0.15, 0.2) is 29.6 Å². The Bertz CT molecular complexity index is 578. The lowest BCUT2D eigenvalue weighted by Gasteiger charge is -2.07. The highest BCUT2D eigenvalue weighted by atomic mass is 32.1. The van der Waals surface area contributed by atoms with Crippen LogP contribution in [0.1, 0.15) is 11.3 Å². The first-order chi connectivity index (χ1) is 9.04. The van der Waals surface area contributed by atoms with Gasteiger partial charge in [0.05, 0.1) is 19.8 Å². The monoisotopic (exact) mass is 276 g/mol. The number of carbonyl (C=O) groups excluding carboxylic acids is 1. The summed E-state index contributed by atoms with van der Waals surface area (Å²) >= 11 is 1.46. The molecule has 0 radical (unpaired) electrons. The molecule has 2 aromatic rings. The van der Waals surface area contributed by atoms with Crippen molar-refractivity contribution in [3.63, 3.8) is 0 Å². The van der Waals surface area contributed by atoms with Crippen LogP contribution in [0.2, 0.25) is 0 Å². The number of aliphatic carboxylic acids is 1. The zero-order valence-corrected chi connectivity index (χ0v) is 11.8. The van der Waals surface area contributed by atoms with Crippen molar-refractivity contribution in [1.29, 1.82) is 0 Å². The largest absolute Gasteiger partial charge is 0.550 e. The quantitative estimate of drug-likeness (QED) is 0.819. The Labute approximate surface area is 116 Å². The molecule has 0 saturated carbocycles. The summed E-state index contributed by atoms with van der Waals surface area (Å²) in [5.41, 5.74) is 2.84. The Morgan fingerprint density at radius 1 is 1.42 bits per heavy atom. The van der Waals surface area contributed by atoms with Crippen LogP contribution in [-0.4, -0.2) is 25.0 Å². The van der Waals surface area contributed by atoms with Gasteiger partial charge in [-0.25, -0.2) is 4.98 Å². The summed E-state index contributed by atoms with van der Waals surface area (Å²) in [6.45, 7) is 0.950. The zero-order chi connectivity index (χ0) is 13.8. The van der Waals surface area contributed by atoms with Crippen LogP contribution in [0.4, 0.5) is 0 Å². The van der Waals surface area contributed by atoms with Gasteiger partial charge >= 0.3 is 0 Å². The lowest BCUT2D eigenvalue weighted by atomic mass is 10.1. The predicted molar refractivity (Wildman–Crippen MR) is 72.8 cm³/mol. The van der Waals surface area contributed by atoms with E-state index in [4.69, 9.17) is 0 Å². The van der Waals surface area contributed by atoms with E-state index in [2.05, 4.69) is 31.2 Å². The Balaban J connectivity index is 2.21. The molecule has 0 aliphatic carbocycles. The van der Waals surface area contributed by atoms with E-state index in [-0.39, 0.29) is 6.42 Å². The third kappa shape index (κ3) is 3.87. The van der Waals surface area contributed by atoms with Gasteiger partial charge in [0, 0.05) is 28.9 Å². The molecule has 0 spiro atoms. The second-order valence-corrected chi connectivity index (χ2v) is 5.64. The van der Waals surface area contributed by atoms with Gasteiger partial charge in [-0.3, -0.25) is 0 Å². The fraction of sp³-hybridized carbons (Fsp3) is 0.286. The summed E-state index contributed by atoms with van der Waals surface area (Å²) in [5.74, 6) is -1.10. The molecule has 1 aromatic heterocycles.